The second kappa shape index (κ2) is 10.0. The Bertz CT molecular complexity index is 847. The number of Topliss-reactive ketones (excluding diaryl/α,β-unsaturated/α-hetero) is 1. The van der Waals surface area contributed by atoms with E-state index in [1.807, 2.05) is 13.0 Å². The predicted molar refractivity (Wildman–Crippen MR) is 119 cm³/mol. The van der Waals surface area contributed by atoms with E-state index in [4.69, 9.17) is 4.74 Å². The number of hydrogen-bond acceptors (Lipinski definition) is 2. The smallest absolute Gasteiger partial charge is 0.163 e. The van der Waals surface area contributed by atoms with Crippen LogP contribution < -0.4 is 4.74 Å². The Morgan fingerprint density at radius 1 is 0.966 bits per heavy atom. The van der Waals surface area contributed by atoms with Gasteiger partial charge in [-0.1, -0.05) is 31.0 Å². The molecule has 0 amide bonds. The lowest BCUT2D eigenvalue weighted by atomic mass is 9.95. The zero-order chi connectivity index (χ0) is 21.6. The maximum atomic E-state index is 13.8. The van der Waals surface area contributed by atoms with Gasteiger partial charge in [0.15, 0.2) is 5.78 Å². The summed E-state index contributed by atoms with van der Waals surface area (Å²) in [4.78, 5) is 11.7. The fourth-order valence-corrected chi connectivity index (χ4v) is 3.73. The van der Waals surface area contributed by atoms with Crippen molar-refractivity contribution >= 4 is 5.78 Å². The van der Waals surface area contributed by atoms with E-state index in [-0.39, 0.29) is 16.9 Å². The molecule has 0 heterocycles. The second-order valence-corrected chi connectivity index (χ2v) is 8.99. The second-order valence-electron chi connectivity index (χ2n) is 8.99. The van der Waals surface area contributed by atoms with E-state index in [0.717, 1.165) is 49.0 Å². The van der Waals surface area contributed by atoms with Crippen molar-refractivity contribution in [2.75, 3.05) is 0 Å². The Kier molecular flexibility index (Phi) is 8.01. The van der Waals surface area contributed by atoms with Gasteiger partial charge in [0.1, 0.15) is 17.2 Å². The molecule has 158 valence electrons. The van der Waals surface area contributed by atoms with Gasteiger partial charge >= 0.3 is 0 Å². The number of rotatable bonds is 9. The van der Waals surface area contributed by atoms with Crippen molar-refractivity contribution in [1.82, 2.24) is 0 Å². The first-order chi connectivity index (χ1) is 13.6. The van der Waals surface area contributed by atoms with Gasteiger partial charge in [0, 0.05) is 0 Å². The van der Waals surface area contributed by atoms with Gasteiger partial charge in [-0.05, 0) is 102 Å². The van der Waals surface area contributed by atoms with Crippen LogP contribution in [-0.4, -0.2) is 11.4 Å². The first kappa shape index (κ1) is 23.1. The number of ketones is 1. The first-order valence-corrected chi connectivity index (χ1v) is 10.7. The average molecular weight is 399 g/mol. The van der Waals surface area contributed by atoms with Crippen LogP contribution in [-0.2, 0) is 12.8 Å². The summed E-state index contributed by atoms with van der Waals surface area (Å²) in [6.45, 7) is 11.6. The van der Waals surface area contributed by atoms with E-state index in [2.05, 4.69) is 45.9 Å². The zero-order valence-corrected chi connectivity index (χ0v) is 18.8. The molecule has 0 spiro atoms. The molecule has 0 bridgehead atoms. The van der Waals surface area contributed by atoms with Crippen molar-refractivity contribution in [3.63, 3.8) is 0 Å². The molecule has 0 unspecified atom stereocenters. The number of carbonyl (C=O) groups excluding carboxylic acids is 1. The molecule has 0 saturated carbocycles. The molecular formula is C26H35FO2. The summed E-state index contributed by atoms with van der Waals surface area (Å²) >= 11 is 0. The fraction of sp³-hybridized carbons (Fsp3) is 0.500. The average Bonchev–Trinajstić information content (AvgIpc) is 2.60. The van der Waals surface area contributed by atoms with E-state index >= 15 is 0 Å². The van der Waals surface area contributed by atoms with Crippen LogP contribution >= 0.6 is 0 Å². The molecule has 0 aliphatic rings. The lowest BCUT2D eigenvalue weighted by Crippen LogP contribution is -2.23. The molecular weight excluding hydrogens is 363 g/mol. The Balaban J connectivity index is 1.77. The number of aryl methyl sites for hydroxylation is 3. The monoisotopic (exact) mass is 398 g/mol. The van der Waals surface area contributed by atoms with Gasteiger partial charge in [0.05, 0.1) is 5.56 Å². The molecule has 0 N–H and O–H groups in total. The molecule has 2 aromatic carbocycles. The molecule has 2 aromatic rings. The summed E-state index contributed by atoms with van der Waals surface area (Å²) < 4.78 is 19.8. The Morgan fingerprint density at radius 3 is 2.21 bits per heavy atom. The molecule has 2 rings (SSSR count). The lowest BCUT2D eigenvalue weighted by Gasteiger charge is -2.23. The number of benzene rings is 2. The third-order valence-electron chi connectivity index (χ3n) is 5.20. The van der Waals surface area contributed by atoms with E-state index in [1.54, 1.807) is 0 Å². The Labute approximate surface area is 175 Å². The van der Waals surface area contributed by atoms with Gasteiger partial charge < -0.3 is 4.74 Å². The molecule has 0 aliphatic heterocycles. The molecule has 29 heavy (non-hydrogen) atoms. The summed E-state index contributed by atoms with van der Waals surface area (Å²) in [6, 6.07) is 9.72. The summed E-state index contributed by atoms with van der Waals surface area (Å²) in [5.41, 5.74) is 4.49. The molecule has 3 heteroatoms. The van der Waals surface area contributed by atoms with E-state index in [0.29, 0.717) is 0 Å². The Morgan fingerprint density at radius 2 is 1.62 bits per heavy atom. The van der Waals surface area contributed by atoms with E-state index in [1.165, 1.54) is 30.5 Å². The van der Waals surface area contributed by atoms with Crippen molar-refractivity contribution in [3.05, 3.63) is 64.0 Å². The highest BCUT2D eigenvalue weighted by Gasteiger charge is 2.14. The van der Waals surface area contributed by atoms with Crippen LogP contribution in [0.25, 0.3) is 0 Å². The summed E-state index contributed by atoms with van der Waals surface area (Å²) in [6.07, 6.45) is 6.47. The lowest BCUT2D eigenvalue weighted by molar-refractivity contribution is 0.101. The summed E-state index contributed by atoms with van der Waals surface area (Å²) in [7, 11) is 0. The zero-order valence-electron chi connectivity index (χ0n) is 18.8. The van der Waals surface area contributed by atoms with Gasteiger partial charge in [0.25, 0.3) is 0 Å². The molecule has 2 nitrogen and oxygen atoms in total. The number of hydrogen-bond donors (Lipinski definition) is 0. The van der Waals surface area contributed by atoms with Gasteiger partial charge in [-0.2, -0.15) is 0 Å². The van der Waals surface area contributed by atoms with E-state index < -0.39 is 5.82 Å². The van der Waals surface area contributed by atoms with E-state index in [9.17, 15) is 9.18 Å². The number of halogens is 1. The van der Waals surface area contributed by atoms with Crippen LogP contribution in [0.1, 0.15) is 86.0 Å². The molecule has 0 aromatic heterocycles. The molecule has 0 saturated heterocycles. The highest BCUT2D eigenvalue weighted by Crippen LogP contribution is 2.25. The van der Waals surface area contributed by atoms with Crippen molar-refractivity contribution < 1.29 is 13.9 Å². The minimum absolute atomic E-state index is 0.180. The number of carbonyl (C=O) groups is 1. The first-order valence-electron chi connectivity index (χ1n) is 10.7. The minimum Gasteiger partial charge on any atom is -0.488 e. The topological polar surface area (TPSA) is 26.3 Å². The fourth-order valence-electron chi connectivity index (χ4n) is 3.73. The molecule has 0 radical (unpaired) electrons. The van der Waals surface area contributed by atoms with Gasteiger partial charge in [-0.3, -0.25) is 4.79 Å². The summed E-state index contributed by atoms with van der Waals surface area (Å²) in [5.74, 6) is 0.352. The van der Waals surface area contributed by atoms with Crippen LogP contribution in [0.5, 0.6) is 5.75 Å². The van der Waals surface area contributed by atoms with Crippen molar-refractivity contribution in [3.8, 4) is 5.75 Å². The van der Waals surface area contributed by atoms with Crippen LogP contribution in [0.15, 0.2) is 30.3 Å². The third kappa shape index (κ3) is 6.99. The van der Waals surface area contributed by atoms with Crippen molar-refractivity contribution in [1.29, 1.82) is 0 Å². The molecule has 0 fully saturated rings. The Hall–Kier alpha value is -2.16. The van der Waals surface area contributed by atoms with Crippen molar-refractivity contribution in [2.45, 2.75) is 85.7 Å². The minimum atomic E-state index is -0.409. The van der Waals surface area contributed by atoms with Crippen LogP contribution in [0.3, 0.4) is 0 Å². The van der Waals surface area contributed by atoms with Gasteiger partial charge in [-0.15, -0.1) is 0 Å². The largest absolute Gasteiger partial charge is 0.488 e. The van der Waals surface area contributed by atoms with Crippen molar-refractivity contribution in [2.24, 2.45) is 0 Å². The quantitative estimate of drug-likeness (QED) is 0.331. The highest BCUT2D eigenvalue weighted by atomic mass is 19.1. The molecule has 0 atom stereocenters. The normalized spacial score (nSPS) is 11.6. The highest BCUT2D eigenvalue weighted by molar-refractivity contribution is 5.96. The standard InChI is InChI=1S/C26H35FO2/c1-18-17-21(13-16-24(18)29-26(4,5)6)11-9-7-8-10-12-22-14-15-23(27)25(19(22)2)20(3)28/h13-17H,7-12H2,1-6H3. The van der Waals surface area contributed by atoms with Crippen LogP contribution in [0.4, 0.5) is 4.39 Å². The van der Waals surface area contributed by atoms with Gasteiger partial charge in [-0.25, -0.2) is 4.39 Å². The van der Waals surface area contributed by atoms with Crippen LogP contribution in [0.2, 0.25) is 0 Å². The number of unbranched alkanes of at least 4 members (excludes halogenated alkanes) is 3. The molecule has 0 aliphatic carbocycles. The number of ether oxygens (including phenoxy) is 1. The SMILES string of the molecule is CC(=O)c1c(F)ccc(CCCCCCc2ccc(OC(C)(C)C)c(C)c2)c1C. The van der Waals surface area contributed by atoms with Crippen LogP contribution in [0, 0.1) is 19.7 Å². The predicted octanol–water partition coefficient (Wildman–Crippen LogP) is 7.17. The maximum absolute atomic E-state index is 13.8. The maximum Gasteiger partial charge on any atom is 0.163 e. The third-order valence-corrected chi connectivity index (χ3v) is 5.20. The van der Waals surface area contributed by atoms with Gasteiger partial charge in [0.2, 0.25) is 0 Å². The summed E-state index contributed by atoms with van der Waals surface area (Å²) in [5, 5.41) is 0.